The second-order valence-electron chi connectivity index (χ2n) is 3.69. The summed E-state index contributed by atoms with van der Waals surface area (Å²) in [5.41, 5.74) is 0.124. The molecule has 0 saturated carbocycles. The first-order chi connectivity index (χ1) is 8.59. The van der Waals surface area contributed by atoms with Crippen molar-refractivity contribution in [3.8, 4) is 0 Å². The minimum Gasteiger partial charge on any atom is -0.334 e. The summed E-state index contributed by atoms with van der Waals surface area (Å²) in [6, 6.07) is 4.12. The lowest BCUT2D eigenvalue weighted by Crippen LogP contribution is -2.27. The molecule has 0 unspecified atom stereocenters. The van der Waals surface area contributed by atoms with E-state index in [2.05, 4.69) is 15.2 Å². The number of hydrogen-bond donors (Lipinski definition) is 1. The number of aromatic nitrogens is 3. The van der Waals surface area contributed by atoms with Crippen LogP contribution in [0.1, 0.15) is 16.2 Å². The van der Waals surface area contributed by atoms with Crippen LogP contribution in [0.2, 0.25) is 5.02 Å². The van der Waals surface area contributed by atoms with Gasteiger partial charge in [0.2, 0.25) is 0 Å². The second kappa shape index (κ2) is 5.14. The Kier molecular flexibility index (Phi) is 3.57. The lowest BCUT2D eigenvalue weighted by molar-refractivity contribution is 0.0781. The molecule has 0 aliphatic heterocycles. The largest absolute Gasteiger partial charge is 0.334 e. The van der Waals surface area contributed by atoms with Crippen LogP contribution in [0.25, 0.3) is 0 Å². The molecule has 0 aliphatic carbocycles. The summed E-state index contributed by atoms with van der Waals surface area (Å²) in [6.07, 6.45) is 1.35. The lowest BCUT2D eigenvalue weighted by Gasteiger charge is -2.16. The maximum absolute atomic E-state index is 13.2. The van der Waals surface area contributed by atoms with Gasteiger partial charge in [0, 0.05) is 7.05 Å². The van der Waals surface area contributed by atoms with Crippen LogP contribution in [0.5, 0.6) is 0 Å². The molecule has 18 heavy (non-hydrogen) atoms. The highest BCUT2D eigenvalue weighted by Crippen LogP contribution is 2.21. The van der Waals surface area contributed by atoms with Gasteiger partial charge in [-0.1, -0.05) is 17.7 Å². The predicted octanol–water partition coefficient (Wildman–Crippen LogP) is 1.87. The van der Waals surface area contributed by atoms with E-state index < -0.39 is 5.82 Å². The van der Waals surface area contributed by atoms with E-state index in [0.29, 0.717) is 5.82 Å². The van der Waals surface area contributed by atoms with Gasteiger partial charge in [0.05, 0.1) is 17.1 Å². The average Bonchev–Trinajstić information content (AvgIpc) is 2.84. The van der Waals surface area contributed by atoms with Gasteiger partial charge in [-0.3, -0.25) is 9.89 Å². The Bertz CT molecular complexity index is 558. The molecule has 1 heterocycles. The molecule has 0 radical (unpaired) electrons. The molecule has 2 rings (SSSR count). The summed E-state index contributed by atoms with van der Waals surface area (Å²) >= 11 is 5.76. The molecule has 0 aliphatic rings. The van der Waals surface area contributed by atoms with Crippen LogP contribution in [-0.4, -0.2) is 33.0 Å². The van der Waals surface area contributed by atoms with E-state index in [1.54, 1.807) is 7.05 Å². The lowest BCUT2D eigenvalue weighted by atomic mass is 10.2. The van der Waals surface area contributed by atoms with Crippen LogP contribution in [-0.2, 0) is 6.54 Å². The molecule has 1 amide bonds. The number of aromatic amines is 1. The first-order valence-corrected chi connectivity index (χ1v) is 5.51. The molecular weight excluding hydrogens is 259 g/mol. The van der Waals surface area contributed by atoms with Crippen molar-refractivity contribution in [2.24, 2.45) is 0 Å². The van der Waals surface area contributed by atoms with Gasteiger partial charge >= 0.3 is 0 Å². The first kappa shape index (κ1) is 12.5. The fourth-order valence-corrected chi connectivity index (χ4v) is 1.68. The number of carbonyl (C=O) groups is 1. The van der Waals surface area contributed by atoms with E-state index in [4.69, 9.17) is 11.6 Å². The fourth-order valence-electron chi connectivity index (χ4n) is 1.48. The number of amides is 1. The Morgan fingerprint density at radius 1 is 1.56 bits per heavy atom. The van der Waals surface area contributed by atoms with Crippen LogP contribution < -0.4 is 0 Å². The molecule has 2 aromatic rings. The molecule has 0 saturated heterocycles. The van der Waals surface area contributed by atoms with Crippen molar-refractivity contribution in [2.45, 2.75) is 6.54 Å². The summed E-state index contributed by atoms with van der Waals surface area (Å²) in [5, 5.41) is 6.14. The van der Waals surface area contributed by atoms with Gasteiger partial charge in [0.1, 0.15) is 18.0 Å². The molecule has 0 atom stereocenters. The van der Waals surface area contributed by atoms with Crippen LogP contribution in [0.3, 0.4) is 0 Å². The number of benzene rings is 1. The van der Waals surface area contributed by atoms with Crippen molar-refractivity contribution in [1.29, 1.82) is 0 Å². The van der Waals surface area contributed by atoms with Crippen LogP contribution in [0.15, 0.2) is 24.5 Å². The molecule has 7 heteroatoms. The van der Waals surface area contributed by atoms with E-state index in [9.17, 15) is 9.18 Å². The Morgan fingerprint density at radius 3 is 3.00 bits per heavy atom. The Labute approximate surface area is 108 Å². The van der Waals surface area contributed by atoms with Gasteiger partial charge in [0.15, 0.2) is 0 Å². The van der Waals surface area contributed by atoms with Crippen LogP contribution >= 0.6 is 11.6 Å². The number of carbonyl (C=O) groups excluding carboxylic acids is 1. The molecule has 94 valence electrons. The number of H-pyrrole nitrogens is 1. The molecule has 1 aromatic heterocycles. The van der Waals surface area contributed by atoms with Crippen molar-refractivity contribution < 1.29 is 9.18 Å². The van der Waals surface area contributed by atoms with Crippen molar-refractivity contribution in [2.75, 3.05) is 7.05 Å². The average molecular weight is 269 g/mol. The number of nitrogens with one attached hydrogen (secondary N) is 1. The van der Waals surface area contributed by atoms with Gasteiger partial charge in [-0.15, -0.1) is 0 Å². The van der Waals surface area contributed by atoms with Crippen molar-refractivity contribution in [3.05, 3.63) is 46.8 Å². The highest BCUT2D eigenvalue weighted by molar-refractivity contribution is 6.33. The summed E-state index contributed by atoms with van der Waals surface area (Å²) in [7, 11) is 1.58. The smallest absolute Gasteiger partial charge is 0.255 e. The minimum atomic E-state index is -0.615. The highest BCUT2D eigenvalue weighted by atomic mass is 35.5. The standard InChI is InChI=1S/C11H10ClFN4O/c1-17(5-9-14-6-15-16-9)11(18)7-3-2-4-8(13)10(7)12/h2-4,6H,5H2,1H3,(H,14,15,16). The summed E-state index contributed by atoms with van der Waals surface area (Å²) in [4.78, 5) is 17.3. The van der Waals surface area contributed by atoms with Crippen molar-refractivity contribution in [1.82, 2.24) is 20.1 Å². The molecular formula is C11H10ClFN4O. The molecule has 0 fully saturated rings. The maximum atomic E-state index is 13.2. The van der Waals surface area contributed by atoms with E-state index in [1.807, 2.05) is 0 Å². The quantitative estimate of drug-likeness (QED) is 0.924. The number of hydrogen-bond acceptors (Lipinski definition) is 3. The first-order valence-electron chi connectivity index (χ1n) is 5.13. The van der Waals surface area contributed by atoms with Gasteiger partial charge in [0.25, 0.3) is 5.91 Å². The fraction of sp³-hybridized carbons (Fsp3) is 0.182. The summed E-state index contributed by atoms with van der Waals surface area (Å²) in [5.74, 6) is -0.454. The van der Waals surface area contributed by atoms with Crippen LogP contribution in [0.4, 0.5) is 4.39 Å². The maximum Gasteiger partial charge on any atom is 0.255 e. The van der Waals surface area contributed by atoms with Gasteiger partial charge < -0.3 is 4.90 Å². The molecule has 1 N–H and O–H groups in total. The third-order valence-corrected chi connectivity index (χ3v) is 2.76. The summed E-state index contributed by atoms with van der Waals surface area (Å²) in [6.45, 7) is 0.242. The van der Waals surface area contributed by atoms with E-state index >= 15 is 0 Å². The Morgan fingerprint density at radius 2 is 2.33 bits per heavy atom. The Balaban J connectivity index is 2.18. The summed E-state index contributed by atoms with van der Waals surface area (Å²) < 4.78 is 13.2. The minimum absolute atomic E-state index is 0.124. The zero-order chi connectivity index (χ0) is 13.1. The normalized spacial score (nSPS) is 10.4. The second-order valence-corrected chi connectivity index (χ2v) is 4.07. The van der Waals surface area contributed by atoms with Gasteiger partial charge in [-0.2, -0.15) is 5.10 Å². The molecule has 0 spiro atoms. The van der Waals surface area contributed by atoms with Gasteiger partial charge in [-0.25, -0.2) is 9.37 Å². The zero-order valence-electron chi connectivity index (χ0n) is 9.52. The van der Waals surface area contributed by atoms with E-state index in [-0.39, 0.29) is 23.0 Å². The third-order valence-electron chi connectivity index (χ3n) is 2.38. The Hall–Kier alpha value is -1.95. The number of nitrogens with zero attached hydrogens (tertiary/aromatic N) is 3. The van der Waals surface area contributed by atoms with E-state index in [1.165, 1.54) is 29.4 Å². The monoisotopic (exact) mass is 268 g/mol. The molecule has 5 nitrogen and oxygen atoms in total. The third kappa shape index (κ3) is 2.48. The topological polar surface area (TPSA) is 61.9 Å². The van der Waals surface area contributed by atoms with Crippen LogP contribution in [0, 0.1) is 5.82 Å². The molecule has 1 aromatic carbocycles. The number of halogens is 2. The highest BCUT2D eigenvalue weighted by Gasteiger charge is 2.18. The van der Waals surface area contributed by atoms with E-state index in [0.717, 1.165) is 0 Å². The SMILES string of the molecule is CN(Cc1ncn[nH]1)C(=O)c1cccc(F)c1Cl. The number of rotatable bonds is 3. The zero-order valence-corrected chi connectivity index (χ0v) is 10.3. The van der Waals surface area contributed by atoms with Crippen molar-refractivity contribution >= 4 is 17.5 Å². The van der Waals surface area contributed by atoms with Gasteiger partial charge in [-0.05, 0) is 12.1 Å². The van der Waals surface area contributed by atoms with Crippen molar-refractivity contribution in [3.63, 3.8) is 0 Å². The predicted molar refractivity (Wildman–Crippen MR) is 63.6 cm³/mol. The molecule has 0 bridgehead atoms.